The zero-order valence-electron chi connectivity index (χ0n) is 12.8. The van der Waals surface area contributed by atoms with Gasteiger partial charge in [0.05, 0.1) is 6.04 Å². The van der Waals surface area contributed by atoms with Crippen molar-refractivity contribution in [3.8, 4) is 0 Å². The normalized spacial score (nSPS) is 28.4. The van der Waals surface area contributed by atoms with Gasteiger partial charge in [-0.1, -0.05) is 38.5 Å². The van der Waals surface area contributed by atoms with Crippen LogP contribution in [-0.2, 0) is 0 Å². The minimum atomic E-state index is -0.0594. The van der Waals surface area contributed by atoms with Crippen LogP contribution in [0.25, 0.3) is 0 Å². The summed E-state index contributed by atoms with van der Waals surface area (Å²) in [5.74, 6) is 0.523. The molecule has 0 bridgehead atoms. The topological polar surface area (TPSA) is 50.7 Å². The van der Waals surface area contributed by atoms with Gasteiger partial charge in [0.25, 0.3) is 0 Å². The third-order valence-electron chi connectivity index (χ3n) is 4.06. The maximum Gasteiger partial charge on any atom is 0.141 e. The Kier molecular flexibility index (Phi) is 5.72. The lowest BCUT2D eigenvalue weighted by molar-refractivity contribution is 0.432. The van der Waals surface area contributed by atoms with Crippen molar-refractivity contribution < 1.29 is 0 Å². The molecular formula is C17H27N3. The summed E-state index contributed by atoms with van der Waals surface area (Å²) in [6, 6.07) is -0.0594. The molecule has 3 nitrogen and oxygen atoms in total. The van der Waals surface area contributed by atoms with Gasteiger partial charge in [0.15, 0.2) is 0 Å². The molecule has 3 unspecified atom stereocenters. The zero-order chi connectivity index (χ0) is 14.4. The Hall–Kier alpha value is -1.22. The summed E-state index contributed by atoms with van der Waals surface area (Å²) in [7, 11) is 0. The number of nitrogens with two attached hydrogens (primary N) is 1. The van der Waals surface area contributed by atoms with Gasteiger partial charge in [0, 0.05) is 11.9 Å². The molecule has 20 heavy (non-hydrogen) atoms. The molecule has 0 aromatic heterocycles. The van der Waals surface area contributed by atoms with Gasteiger partial charge in [-0.05, 0) is 43.6 Å². The zero-order valence-corrected chi connectivity index (χ0v) is 12.8. The number of allylic oxidation sites excluding steroid dienone is 2. The highest BCUT2D eigenvalue weighted by Gasteiger charge is 2.21. The molecule has 0 radical (unpaired) electrons. The van der Waals surface area contributed by atoms with E-state index in [1.165, 1.54) is 12.0 Å². The first-order valence-electron chi connectivity index (χ1n) is 7.92. The van der Waals surface area contributed by atoms with E-state index in [1.54, 1.807) is 0 Å². The molecular weight excluding hydrogens is 246 g/mol. The van der Waals surface area contributed by atoms with Crippen LogP contribution in [0.4, 0.5) is 0 Å². The number of aliphatic imine (C=N–C) groups is 2. The molecule has 3 heteroatoms. The van der Waals surface area contributed by atoms with Crippen molar-refractivity contribution in [1.82, 2.24) is 0 Å². The monoisotopic (exact) mass is 273 g/mol. The number of rotatable bonds is 5. The Morgan fingerprint density at radius 1 is 1.45 bits per heavy atom. The lowest BCUT2D eigenvalue weighted by Crippen LogP contribution is -2.34. The second kappa shape index (κ2) is 7.53. The third-order valence-corrected chi connectivity index (χ3v) is 4.06. The number of nitrogens with zero attached hydrogens (tertiary/aromatic N) is 2. The van der Waals surface area contributed by atoms with Crippen LogP contribution in [0.2, 0.25) is 0 Å². The Bertz CT molecular complexity index is 432. The van der Waals surface area contributed by atoms with Gasteiger partial charge in [0.1, 0.15) is 6.17 Å². The van der Waals surface area contributed by atoms with E-state index in [4.69, 9.17) is 10.7 Å². The fourth-order valence-electron chi connectivity index (χ4n) is 2.76. The van der Waals surface area contributed by atoms with E-state index in [-0.39, 0.29) is 12.2 Å². The van der Waals surface area contributed by atoms with Gasteiger partial charge in [-0.15, -0.1) is 0 Å². The first-order valence-corrected chi connectivity index (χ1v) is 7.92. The quantitative estimate of drug-likeness (QED) is 0.764. The second-order valence-electron chi connectivity index (χ2n) is 5.83. The Balaban J connectivity index is 2.16. The van der Waals surface area contributed by atoms with E-state index < -0.39 is 0 Å². The molecule has 3 atom stereocenters. The Labute approximate surface area is 122 Å². The summed E-state index contributed by atoms with van der Waals surface area (Å²) in [6.07, 6.45) is 15.2. The van der Waals surface area contributed by atoms with Crippen molar-refractivity contribution in [2.24, 2.45) is 21.6 Å². The summed E-state index contributed by atoms with van der Waals surface area (Å²) < 4.78 is 0. The van der Waals surface area contributed by atoms with E-state index in [9.17, 15) is 0 Å². The third kappa shape index (κ3) is 3.89. The predicted molar refractivity (Wildman–Crippen MR) is 87.5 cm³/mol. The maximum atomic E-state index is 6.44. The standard InChI is InChI=1S/C17H27N3/c1-3-8-15(16(18)14-10-5-4-6-11-14)20-17-13(2)9-7-12-19-17/h5,10-13,16-17H,3-4,6-9,18H2,1-2H3. The SMILES string of the molecule is CCCC(=NC1N=CCCC1C)C(N)C1=CCCC=C1. The molecule has 0 aromatic carbocycles. The van der Waals surface area contributed by atoms with Gasteiger partial charge in [-0.3, -0.25) is 9.98 Å². The molecule has 2 aliphatic rings. The molecule has 0 saturated heterocycles. The summed E-state index contributed by atoms with van der Waals surface area (Å²) in [6.45, 7) is 4.42. The number of hydrogen-bond donors (Lipinski definition) is 1. The van der Waals surface area contributed by atoms with E-state index in [0.717, 1.165) is 37.8 Å². The van der Waals surface area contributed by atoms with Crippen LogP contribution >= 0.6 is 0 Å². The molecule has 1 aliphatic carbocycles. The minimum absolute atomic E-state index is 0.0594. The molecule has 110 valence electrons. The fourth-order valence-corrected chi connectivity index (χ4v) is 2.76. The lowest BCUT2D eigenvalue weighted by Gasteiger charge is -2.24. The highest BCUT2D eigenvalue weighted by Crippen LogP contribution is 2.21. The second-order valence-corrected chi connectivity index (χ2v) is 5.83. The van der Waals surface area contributed by atoms with Gasteiger partial charge in [-0.2, -0.15) is 0 Å². The molecule has 2 N–H and O–H groups in total. The molecule has 2 rings (SSSR count). The average Bonchev–Trinajstić information content (AvgIpc) is 2.49. The number of hydrogen-bond acceptors (Lipinski definition) is 3. The Morgan fingerprint density at radius 2 is 2.30 bits per heavy atom. The highest BCUT2D eigenvalue weighted by molar-refractivity contribution is 5.93. The van der Waals surface area contributed by atoms with Gasteiger partial charge in [-0.25, -0.2) is 0 Å². The maximum absolute atomic E-state index is 6.44. The van der Waals surface area contributed by atoms with E-state index in [0.29, 0.717) is 5.92 Å². The molecule has 1 heterocycles. The van der Waals surface area contributed by atoms with Gasteiger partial charge in [0.2, 0.25) is 0 Å². The largest absolute Gasteiger partial charge is 0.319 e. The Morgan fingerprint density at radius 3 is 2.95 bits per heavy atom. The highest BCUT2D eigenvalue weighted by atomic mass is 15.0. The van der Waals surface area contributed by atoms with E-state index >= 15 is 0 Å². The van der Waals surface area contributed by atoms with Gasteiger partial charge >= 0.3 is 0 Å². The van der Waals surface area contributed by atoms with Gasteiger partial charge < -0.3 is 5.73 Å². The molecule has 0 aromatic rings. The average molecular weight is 273 g/mol. The fraction of sp³-hybridized carbons (Fsp3) is 0.647. The van der Waals surface area contributed by atoms with E-state index in [1.807, 2.05) is 6.21 Å². The summed E-state index contributed by atoms with van der Waals surface area (Å²) in [5.41, 5.74) is 8.77. The van der Waals surface area contributed by atoms with Crippen LogP contribution in [0.5, 0.6) is 0 Å². The summed E-state index contributed by atoms with van der Waals surface area (Å²) >= 11 is 0. The van der Waals surface area contributed by atoms with Crippen LogP contribution in [0.15, 0.2) is 33.8 Å². The van der Waals surface area contributed by atoms with E-state index in [2.05, 4.69) is 37.1 Å². The van der Waals surface area contributed by atoms with Crippen LogP contribution in [0.3, 0.4) is 0 Å². The first kappa shape index (κ1) is 15.2. The van der Waals surface area contributed by atoms with Crippen molar-refractivity contribution in [2.75, 3.05) is 0 Å². The molecule has 0 spiro atoms. The molecule has 0 amide bonds. The lowest BCUT2D eigenvalue weighted by atomic mass is 9.94. The van der Waals surface area contributed by atoms with Crippen molar-refractivity contribution >= 4 is 11.9 Å². The van der Waals surface area contributed by atoms with Crippen LogP contribution in [0, 0.1) is 5.92 Å². The predicted octanol–water partition coefficient (Wildman–Crippen LogP) is 3.66. The van der Waals surface area contributed by atoms with Crippen LogP contribution in [-0.4, -0.2) is 24.1 Å². The van der Waals surface area contributed by atoms with Crippen LogP contribution in [0.1, 0.15) is 52.4 Å². The minimum Gasteiger partial charge on any atom is -0.319 e. The molecule has 0 saturated carbocycles. The first-order chi connectivity index (χ1) is 9.72. The summed E-state index contributed by atoms with van der Waals surface area (Å²) in [5, 5.41) is 0. The van der Waals surface area contributed by atoms with Crippen LogP contribution < -0.4 is 5.73 Å². The molecule has 1 aliphatic heterocycles. The van der Waals surface area contributed by atoms with Crippen molar-refractivity contribution in [3.05, 3.63) is 23.8 Å². The van der Waals surface area contributed by atoms with Crippen molar-refractivity contribution in [2.45, 2.75) is 64.6 Å². The summed E-state index contributed by atoms with van der Waals surface area (Å²) in [4.78, 5) is 9.45. The smallest absolute Gasteiger partial charge is 0.141 e. The van der Waals surface area contributed by atoms with Crippen molar-refractivity contribution in [1.29, 1.82) is 0 Å². The van der Waals surface area contributed by atoms with Crippen molar-refractivity contribution in [3.63, 3.8) is 0 Å². The molecule has 0 fully saturated rings.